The lowest BCUT2D eigenvalue weighted by Gasteiger charge is -2.15. The lowest BCUT2D eigenvalue weighted by Crippen LogP contribution is -2.27. The molecule has 0 aromatic carbocycles. The zero-order valence-corrected chi connectivity index (χ0v) is 12.6. The summed E-state index contributed by atoms with van der Waals surface area (Å²) in [5.74, 6) is 2.00. The number of carbonyl (C=O) groups is 1. The van der Waals surface area contributed by atoms with Crippen LogP contribution in [0.15, 0.2) is 12.1 Å². The quantitative estimate of drug-likeness (QED) is 0.866. The van der Waals surface area contributed by atoms with Crippen LogP contribution in [-0.2, 0) is 25.9 Å². The molecule has 0 spiro atoms. The molecule has 0 fully saturated rings. The van der Waals surface area contributed by atoms with E-state index in [0.717, 1.165) is 42.3 Å². The SMILES string of the molecule is CCc1ccc(C(=O)N(C)Cc2nnc3n2CCC3)s1. The van der Waals surface area contributed by atoms with Crippen molar-refractivity contribution in [2.45, 2.75) is 39.3 Å². The summed E-state index contributed by atoms with van der Waals surface area (Å²) >= 11 is 1.57. The van der Waals surface area contributed by atoms with E-state index in [0.29, 0.717) is 6.54 Å². The van der Waals surface area contributed by atoms with Crippen molar-refractivity contribution in [3.8, 4) is 0 Å². The summed E-state index contributed by atoms with van der Waals surface area (Å²) in [5, 5.41) is 8.37. The largest absolute Gasteiger partial charge is 0.333 e. The summed E-state index contributed by atoms with van der Waals surface area (Å²) in [6.45, 7) is 3.59. The molecule has 1 aliphatic rings. The average molecular weight is 290 g/mol. The molecule has 2 aromatic heterocycles. The molecular formula is C14H18N4OS. The van der Waals surface area contributed by atoms with E-state index in [1.807, 2.05) is 19.2 Å². The summed E-state index contributed by atoms with van der Waals surface area (Å²) in [7, 11) is 1.82. The molecule has 0 saturated heterocycles. The van der Waals surface area contributed by atoms with Crippen molar-refractivity contribution < 1.29 is 4.79 Å². The lowest BCUT2D eigenvalue weighted by molar-refractivity contribution is 0.0785. The molecule has 3 heterocycles. The summed E-state index contributed by atoms with van der Waals surface area (Å²) in [4.78, 5) is 16.1. The van der Waals surface area contributed by atoms with Crippen molar-refractivity contribution in [3.63, 3.8) is 0 Å². The number of aryl methyl sites for hydroxylation is 2. The number of amides is 1. The third kappa shape index (κ3) is 2.35. The topological polar surface area (TPSA) is 51.0 Å². The van der Waals surface area contributed by atoms with Gasteiger partial charge in [0.25, 0.3) is 5.91 Å². The maximum atomic E-state index is 12.4. The minimum atomic E-state index is 0.0602. The Morgan fingerprint density at radius 3 is 3.05 bits per heavy atom. The van der Waals surface area contributed by atoms with Gasteiger partial charge < -0.3 is 9.47 Å². The summed E-state index contributed by atoms with van der Waals surface area (Å²) in [6.07, 6.45) is 3.09. The van der Waals surface area contributed by atoms with Gasteiger partial charge in [0, 0.05) is 24.9 Å². The monoisotopic (exact) mass is 290 g/mol. The van der Waals surface area contributed by atoms with Gasteiger partial charge in [-0.3, -0.25) is 4.79 Å². The second-order valence-corrected chi connectivity index (χ2v) is 6.24. The summed E-state index contributed by atoms with van der Waals surface area (Å²) in [5.41, 5.74) is 0. The maximum Gasteiger partial charge on any atom is 0.264 e. The number of aromatic nitrogens is 3. The molecule has 3 rings (SSSR count). The fourth-order valence-electron chi connectivity index (χ4n) is 2.48. The predicted octanol–water partition coefficient (Wildman–Crippen LogP) is 2.12. The molecule has 0 unspecified atom stereocenters. The van der Waals surface area contributed by atoms with Gasteiger partial charge in [0.2, 0.25) is 0 Å². The van der Waals surface area contributed by atoms with E-state index < -0.39 is 0 Å². The molecule has 0 atom stereocenters. The number of thiophene rings is 1. The summed E-state index contributed by atoms with van der Waals surface area (Å²) < 4.78 is 2.13. The number of fused-ring (bicyclic) bond motifs is 1. The van der Waals surface area contributed by atoms with Crippen LogP contribution in [0.4, 0.5) is 0 Å². The highest BCUT2D eigenvalue weighted by Gasteiger charge is 2.21. The first kappa shape index (κ1) is 13.3. The highest BCUT2D eigenvalue weighted by molar-refractivity contribution is 7.14. The van der Waals surface area contributed by atoms with E-state index in [9.17, 15) is 4.79 Å². The zero-order valence-electron chi connectivity index (χ0n) is 11.8. The van der Waals surface area contributed by atoms with E-state index in [4.69, 9.17) is 0 Å². The lowest BCUT2D eigenvalue weighted by atomic mass is 10.3. The molecule has 1 amide bonds. The number of hydrogen-bond donors (Lipinski definition) is 0. The minimum absolute atomic E-state index is 0.0602. The smallest absolute Gasteiger partial charge is 0.264 e. The van der Waals surface area contributed by atoms with E-state index in [-0.39, 0.29) is 5.91 Å². The van der Waals surface area contributed by atoms with Gasteiger partial charge in [-0.1, -0.05) is 6.92 Å². The van der Waals surface area contributed by atoms with E-state index in [1.165, 1.54) is 4.88 Å². The highest BCUT2D eigenvalue weighted by atomic mass is 32.1. The Kier molecular flexibility index (Phi) is 3.56. The Morgan fingerprint density at radius 1 is 1.45 bits per heavy atom. The van der Waals surface area contributed by atoms with E-state index in [1.54, 1.807) is 16.2 Å². The second kappa shape index (κ2) is 5.36. The van der Waals surface area contributed by atoms with Crippen LogP contribution in [0.5, 0.6) is 0 Å². The third-order valence-corrected chi connectivity index (χ3v) is 4.85. The first-order valence-electron chi connectivity index (χ1n) is 6.94. The fourth-order valence-corrected chi connectivity index (χ4v) is 3.42. The van der Waals surface area contributed by atoms with Crippen LogP contribution < -0.4 is 0 Å². The molecule has 6 heteroatoms. The fraction of sp³-hybridized carbons (Fsp3) is 0.500. The van der Waals surface area contributed by atoms with Crippen molar-refractivity contribution in [3.05, 3.63) is 33.5 Å². The number of nitrogens with zero attached hydrogens (tertiary/aromatic N) is 4. The van der Waals surface area contributed by atoms with Gasteiger partial charge in [-0.15, -0.1) is 21.5 Å². The van der Waals surface area contributed by atoms with Crippen LogP contribution in [0.1, 0.15) is 39.5 Å². The molecule has 0 aliphatic carbocycles. The molecule has 0 saturated carbocycles. The van der Waals surface area contributed by atoms with Crippen molar-refractivity contribution in [1.82, 2.24) is 19.7 Å². The Labute approximate surface area is 122 Å². The van der Waals surface area contributed by atoms with Crippen molar-refractivity contribution in [2.24, 2.45) is 0 Å². The normalized spacial score (nSPS) is 13.5. The second-order valence-electron chi connectivity index (χ2n) is 5.07. The number of rotatable bonds is 4. The van der Waals surface area contributed by atoms with Gasteiger partial charge >= 0.3 is 0 Å². The zero-order chi connectivity index (χ0) is 14.1. The van der Waals surface area contributed by atoms with Gasteiger partial charge in [-0.05, 0) is 25.0 Å². The Balaban J connectivity index is 1.72. The van der Waals surface area contributed by atoms with Crippen molar-refractivity contribution in [2.75, 3.05) is 7.05 Å². The van der Waals surface area contributed by atoms with Crippen LogP contribution in [-0.4, -0.2) is 32.6 Å². The van der Waals surface area contributed by atoms with Crippen LogP contribution in [0, 0.1) is 0 Å². The van der Waals surface area contributed by atoms with Crippen molar-refractivity contribution in [1.29, 1.82) is 0 Å². The molecule has 106 valence electrons. The van der Waals surface area contributed by atoms with Crippen LogP contribution in [0.3, 0.4) is 0 Å². The van der Waals surface area contributed by atoms with Crippen LogP contribution in [0.25, 0.3) is 0 Å². The van der Waals surface area contributed by atoms with Crippen LogP contribution in [0.2, 0.25) is 0 Å². The molecule has 5 nitrogen and oxygen atoms in total. The predicted molar refractivity (Wildman–Crippen MR) is 77.8 cm³/mol. The first-order chi connectivity index (χ1) is 9.69. The molecule has 2 aromatic rings. The van der Waals surface area contributed by atoms with Crippen molar-refractivity contribution >= 4 is 17.2 Å². The minimum Gasteiger partial charge on any atom is -0.333 e. The molecule has 0 bridgehead atoms. The number of hydrogen-bond acceptors (Lipinski definition) is 4. The van der Waals surface area contributed by atoms with Crippen LogP contribution >= 0.6 is 11.3 Å². The van der Waals surface area contributed by atoms with Gasteiger partial charge in [-0.2, -0.15) is 0 Å². The Morgan fingerprint density at radius 2 is 2.30 bits per heavy atom. The molecular weight excluding hydrogens is 272 g/mol. The standard InChI is InChI=1S/C14H18N4OS/c1-3-10-6-7-11(20-10)14(19)17(2)9-13-16-15-12-5-4-8-18(12)13/h6-7H,3-5,8-9H2,1-2H3. The Hall–Kier alpha value is -1.69. The van der Waals surface area contributed by atoms with Gasteiger partial charge in [0.15, 0.2) is 5.82 Å². The number of carbonyl (C=O) groups excluding carboxylic acids is 1. The maximum absolute atomic E-state index is 12.4. The highest BCUT2D eigenvalue weighted by Crippen LogP contribution is 2.20. The molecule has 0 radical (unpaired) electrons. The molecule has 0 N–H and O–H groups in total. The molecule has 20 heavy (non-hydrogen) atoms. The third-order valence-electron chi connectivity index (χ3n) is 3.63. The first-order valence-corrected chi connectivity index (χ1v) is 7.76. The average Bonchev–Trinajstić information content (AvgIpc) is 3.15. The molecule has 1 aliphatic heterocycles. The summed E-state index contributed by atoms with van der Waals surface area (Å²) in [6, 6.07) is 3.94. The van der Waals surface area contributed by atoms with E-state index >= 15 is 0 Å². The van der Waals surface area contributed by atoms with Gasteiger partial charge in [-0.25, -0.2) is 0 Å². The Bertz CT molecular complexity index is 631. The van der Waals surface area contributed by atoms with E-state index in [2.05, 4.69) is 21.7 Å². The van der Waals surface area contributed by atoms with Gasteiger partial charge in [0.1, 0.15) is 5.82 Å². The van der Waals surface area contributed by atoms with Gasteiger partial charge in [0.05, 0.1) is 11.4 Å².